The van der Waals surface area contributed by atoms with Crippen LogP contribution in [0.5, 0.6) is 0 Å². The smallest absolute Gasteiger partial charge is 0.0587 e. The van der Waals surface area contributed by atoms with Crippen molar-refractivity contribution in [1.29, 1.82) is 0 Å². The van der Waals surface area contributed by atoms with Crippen molar-refractivity contribution in [2.45, 2.75) is 39.3 Å². The van der Waals surface area contributed by atoms with E-state index in [0.717, 1.165) is 19.7 Å². The standard InChI is InChI=1S/C16H28N2O/c1-5-8-14(2)18(3)16-10-7-6-9-15(16)13-17-11-12-19-4/h6-7,9-10,14,17H,5,8,11-13H2,1-4H3. The number of nitrogens with zero attached hydrogens (tertiary/aromatic N) is 1. The molecule has 1 unspecified atom stereocenters. The molecule has 1 atom stereocenters. The number of methoxy groups -OCH3 is 1. The Morgan fingerprint density at radius 2 is 2.05 bits per heavy atom. The van der Waals surface area contributed by atoms with Gasteiger partial charge in [-0.25, -0.2) is 0 Å². The van der Waals surface area contributed by atoms with Crippen LogP contribution in [0.1, 0.15) is 32.3 Å². The van der Waals surface area contributed by atoms with E-state index in [2.05, 4.69) is 55.4 Å². The van der Waals surface area contributed by atoms with Gasteiger partial charge in [-0.15, -0.1) is 0 Å². The highest BCUT2D eigenvalue weighted by Gasteiger charge is 2.12. The van der Waals surface area contributed by atoms with Crippen LogP contribution in [0.25, 0.3) is 0 Å². The first-order chi connectivity index (χ1) is 9.20. The van der Waals surface area contributed by atoms with Crippen LogP contribution in [-0.4, -0.2) is 33.4 Å². The summed E-state index contributed by atoms with van der Waals surface area (Å²) >= 11 is 0. The SMILES string of the molecule is CCCC(C)N(C)c1ccccc1CNCCOC. The van der Waals surface area contributed by atoms with Crippen molar-refractivity contribution in [1.82, 2.24) is 5.32 Å². The fraction of sp³-hybridized carbons (Fsp3) is 0.625. The second-order valence-corrected chi connectivity index (χ2v) is 5.05. The number of hydrogen-bond acceptors (Lipinski definition) is 3. The summed E-state index contributed by atoms with van der Waals surface area (Å²) in [6.07, 6.45) is 2.45. The molecule has 0 radical (unpaired) electrons. The topological polar surface area (TPSA) is 24.5 Å². The van der Waals surface area contributed by atoms with Crippen molar-refractivity contribution < 1.29 is 4.74 Å². The minimum Gasteiger partial charge on any atom is -0.383 e. The van der Waals surface area contributed by atoms with E-state index in [4.69, 9.17) is 4.74 Å². The molecule has 0 saturated carbocycles. The molecule has 1 rings (SSSR count). The third kappa shape index (κ3) is 5.21. The van der Waals surface area contributed by atoms with E-state index < -0.39 is 0 Å². The predicted molar refractivity (Wildman–Crippen MR) is 82.8 cm³/mol. The van der Waals surface area contributed by atoms with Gasteiger partial charge < -0.3 is 15.0 Å². The molecular weight excluding hydrogens is 236 g/mol. The van der Waals surface area contributed by atoms with Crippen molar-refractivity contribution >= 4 is 5.69 Å². The molecule has 0 aliphatic rings. The fourth-order valence-electron chi connectivity index (χ4n) is 2.25. The number of nitrogens with one attached hydrogen (secondary N) is 1. The highest BCUT2D eigenvalue weighted by molar-refractivity contribution is 5.53. The minimum atomic E-state index is 0.574. The third-order valence-corrected chi connectivity index (χ3v) is 3.54. The summed E-state index contributed by atoms with van der Waals surface area (Å²) in [5, 5.41) is 3.42. The predicted octanol–water partition coefficient (Wildman–Crippen LogP) is 3.05. The second kappa shape index (κ2) is 8.94. The molecular formula is C16H28N2O. The highest BCUT2D eigenvalue weighted by Crippen LogP contribution is 2.22. The molecule has 0 saturated heterocycles. The number of rotatable bonds is 9. The highest BCUT2D eigenvalue weighted by atomic mass is 16.5. The second-order valence-electron chi connectivity index (χ2n) is 5.05. The van der Waals surface area contributed by atoms with Gasteiger partial charge in [0.15, 0.2) is 0 Å². The number of hydrogen-bond donors (Lipinski definition) is 1. The van der Waals surface area contributed by atoms with E-state index in [1.165, 1.54) is 24.1 Å². The lowest BCUT2D eigenvalue weighted by Gasteiger charge is -2.29. The van der Waals surface area contributed by atoms with E-state index in [1.54, 1.807) is 7.11 Å². The van der Waals surface area contributed by atoms with Gasteiger partial charge in [0.25, 0.3) is 0 Å². The fourth-order valence-corrected chi connectivity index (χ4v) is 2.25. The van der Waals surface area contributed by atoms with Crippen molar-refractivity contribution in [2.75, 3.05) is 32.2 Å². The molecule has 108 valence electrons. The van der Waals surface area contributed by atoms with Gasteiger partial charge in [-0.2, -0.15) is 0 Å². The average Bonchev–Trinajstić information content (AvgIpc) is 2.43. The molecule has 0 heterocycles. The molecule has 19 heavy (non-hydrogen) atoms. The number of para-hydroxylation sites is 1. The molecule has 3 nitrogen and oxygen atoms in total. The summed E-state index contributed by atoms with van der Waals surface area (Å²) in [6, 6.07) is 9.20. The molecule has 1 aromatic carbocycles. The molecule has 0 aromatic heterocycles. The van der Waals surface area contributed by atoms with E-state index in [1.807, 2.05) is 0 Å². The number of ether oxygens (including phenoxy) is 1. The molecule has 1 N–H and O–H groups in total. The summed E-state index contributed by atoms with van der Waals surface area (Å²) in [5.41, 5.74) is 2.68. The zero-order valence-electron chi connectivity index (χ0n) is 12.8. The summed E-state index contributed by atoms with van der Waals surface area (Å²) in [7, 11) is 3.92. The van der Waals surface area contributed by atoms with Crippen LogP contribution >= 0.6 is 0 Å². The summed E-state index contributed by atoms with van der Waals surface area (Å²) in [4.78, 5) is 2.39. The van der Waals surface area contributed by atoms with Gasteiger partial charge >= 0.3 is 0 Å². The lowest BCUT2D eigenvalue weighted by Crippen LogP contribution is -2.30. The first kappa shape index (κ1) is 16.0. The molecule has 3 heteroatoms. The van der Waals surface area contributed by atoms with E-state index in [-0.39, 0.29) is 0 Å². The average molecular weight is 264 g/mol. The van der Waals surface area contributed by atoms with Crippen LogP contribution in [0, 0.1) is 0 Å². The summed E-state index contributed by atoms with van der Waals surface area (Å²) in [6.45, 7) is 7.06. The third-order valence-electron chi connectivity index (χ3n) is 3.54. The van der Waals surface area contributed by atoms with E-state index >= 15 is 0 Å². The number of anilines is 1. The maximum absolute atomic E-state index is 5.05. The van der Waals surface area contributed by atoms with Gasteiger partial charge in [-0.1, -0.05) is 31.5 Å². The van der Waals surface area contributed by atoms with Crippen molar-refractivity contribution in [3.05, 3.63) is 29.8 Å². The molecule has 0 aliphatic heterocycles. The Bertz CT molecular complexity index is 354. The van der Waals surface area contributed by atoms with E-state index in [9.17, 15) is 0 Å². The van der Waals surface area contributed by atoms with Crippen LogP contribution in [0.3, 0.4) is 0 Å². The number of benzene rings is 1. The van der Waals surface area contributed by atoms with Crippen LogP contribution in [-0.2, 0) is 11.3 Å². The lowest BCUT2D eigenvalue weighted by molar-refractivity contribution is 0.199. The van der Waals surface area contributed by atoms with Gasteiger partial charge in [0.1, 0.15) is 0 Å². The monoisotopic (exact) mass is 264 g/mol. The van der Waals surface area contributed by atoms with Crippen molar-refractivity contribution in [2.24, 2.45) is 0 Å². The summed E-state index contributed by atoms with van der Waals surface area (Å²) < 4.78 is 5.05. The molecule has 0 spiro atoms. The molecule has 0 amide bonds. The van der Waals surface area contributed by atoms with Crippen LogP contribution in [0.15, 0.2) is 24.3 Å². The van der Waals surface area contributed by atoms with Crippen molar-refractivity contribution in [3.63, 3.8) is 0 Å². The van der Waals surface area contributed by atoms with Crippen LogP contribution in [0.2, 0.25) is 0 Å². The quantitative estimate of drug-likeness (QED) is 0.694. The van der Waals surface area contributed by atoms with Gasteiger partial charge in [-0.3, -0.25) is 0 Å². The zero-order valence-corrected chi connectivity index (χ0v) is 12.8. The Morgan fingerprint density at radius 1 is 1.32 bits per heavy atom. The van der Waals surface area contributed by atoms with Crippen LogP contribution in [0.4, 0.5) is 5.69 Å². The van der Waals surface area contributed by atoms with Gasteiger partial charge in [0.05, 0.1) is 6.61 Å². The Kier molecular flexibility index (Phi) is 7.53. The molecule has 1 aromatic rings. The lowest BCUT2D eigenvalue weighted by atomic mass is 10.1. The van der Waals surface area contributed by atoms with E-state index in [0.29, 0.717) is 6.04 Å². The Hall–Kier alpha value is -1.06. The minimum absolute atomic E-state index is 0.574. The Morgan fingerprint density at radius 3 is 2.74 bits per heavy atom. The van der Waals surface area contributed by atoms with Crippen LogP contribution < -0.4 is 10.2 Å². The summed E-state index contributed by atoms with van der Waals surface area (Å²) in [5.74, 6) is 0. The first-order valence-electron chi connectivity index (χ1n) is 7.21. The van der Waals surface area contributed by atoms with Crippen molar-refractivity contribution in [3.8, 4) is 0 Å². The maximum atomic E-state index is 5.05. The largest absolute Gasteiger partial charge is 0.383 e. The molecule has 0 fully saturated rings. The maximum Gasteiger partial charge on any atom is 0.0587 e. The Labute approximate surface area is 118 Å². The van der Waals surface area contributed by atoms with Gasteiger partial charge in [0, 0.05) is 39.0 Å². The normalized spacial score (nSPS) is 12.4. The Balaban J connectivity index is 2.66. The first-order valence-corrected chi connectivity index (χ1v) is 7.21. The van der Waals surface area contributed by atoms with Gasteiger partial charge in [-0.05, 0) is 25.0 Å². The molecule has 0 aliphatic carbocycles. The zero-order chi connectivity index (χ0) is 14.1. The molecule has 0 bridgehead atoms. The van der Waals surface area contributed by atoms with Gasteiger partial charge in [0.2, 0.25) is 0 Å².